The highest BCUT2D eigenvalue weighted by Crippen LogP contribution is 2.37. The monoisotopic (exact) mass is 237 g/mol. The molecule has 1 heterocycles. The van der Waals surface area contributed by atoms with Gasteiger partial charge in [-0.15, -0.1) is 0 Å². The lowest BCUT2D eigenvalue weighted by atomic mass is 9.96. The first-order valence-corrected chi connectivity index (χ1v) is 6.35. The molecule has 0 spiro atoms. The zero-order valence-corrected chi connectivity index (χ0v) is 9.96. The topological polar surface area (TPSA) is 49.3 Å². The summed E-state index contributed by atoms with van der Waals surface area (Å²) < 4.78 is 0. The van der Waals surface area contributed by atoms with Crippen molar-refractivity contribution < 1.29 is 9.90 Å². The van der Waals surface area contributed by atoms with Crippen LogP contribution in [0.3, 0.4) is 0 Å². The quantitative estimate of drug-likeness (QED) is 0.847. The number of benzene rings is 1. The van der Waals surface area contributed by atoms with E-state index in [4.69, 9.17) is 0 Å². The van der Waals surface area contributed by atoms with E-state index in [-0.39, 0.29) is 0 Å². The summed E-state index contributed by atoms with van der Waals surface area (Å²) in [6.07, 6.45) is 0.669. The summed E-state index contributed by atoms with van der Waals surface area (Å²) in [5.74, 6) is -0.133. The van der Waals surface area contributed by atoms with Crippen LogP contribution in [0, 0.1) is 0 Å². The fraction of sp³-hybridized carbons (Fsp3) is 0.417. The average Bonchev–Trinajstić information content (AvgIpc) is 2.63. The lowest BCUT2D eigenvalue weighted by Gasteiger charge is -2.26. The van der Waals surface area contributed by atoms with Gasteiger partial charge in [0.2, 0.25) is 0 Å². The SMILES string of the molecule is CC1CC(Nc2ccccc2)(C(=O)O)CS1. The molecule has 2 rings (SSSR count). The van der Waals surface area contributed by atoms with Crippen LogP contribution in [-0.2, 0) is 4.79 Å². The summed E-state index contributed by atoms with van der Waals surface area (Å²) in [5.41, 5.74) is 0.0745. The largest absolute Gasteiger partial charge is 0.479 e. The number of anilines is 1. The molecule has 1 fully saturated rings. The second-order valence-electron chi connectivity index (χ2n) is 4.20. The number of hydrogen-bond donors (Lipinski definition) is 2. The van der Waals surface area contributed by atoms with E-state index in [2.05, 4.69) is 12.2 Å². The number of carboxylic acid groups (broad SMARTS) is 1. The lowest BCUT2D eigenvalue weighted by Crippen LogP contribution is -2.46. The Bertz CT molecular complexity index is 382. The lowest BCUT2D eigenvalue weighted by molar-refractivity contribution is -0.141. The van der Waals surface area contributed by atoms with Gasteiger partial charge in [0, 0.05) is 16.7 Å². The van der Waals surface area contributed by atoms with Gasteiger partial charge in [-0.25, -0.2) is 4.79 Å². The van der Waals surface area contributed by atoms with Gasteiger partial charge in [0.15, 0.2) is 0 Å². The van der Waals surface area contributed by atoms with E-state index in [1.807, 2.05) is 30.3 Å². The summed E-state index contributed by atoms with van der Waals surface area (Å²) in [6, 6.07) is 9.54. The molecular weight excluding hydrogens is 222 g/mol. The molecule has 0 aliphatic carbocycles. The smallest absolute Gasteiger partial charge is 0.330 e. The number of thioether (sulfide) groups is 1. The van der Waals surface area contributed by atoms with Crippen molar-refractivity contribution in [3.05, 3.63) is 30.3 Å². The Morgan fingerprint density at radius 2 is 2.19 bits per heavy atom. The Labute approximate surface area is 99.2 Å². The first-order chi connectivity index (χ1) is 7.62. The number of aliphatic carboxylic acids is 1. The Balaban J connectivity index is 2.19. The molecule has 0 aromatic heterocycles. The van der Waals surface area contributed by atoms with Crippen molar-refractivity contribution in [3.8, 4) is 0 Å². The van der Waals surface area contributed by atoms with Crippen LogP contribution in [0.2, 0.25) is 0 Å². The minimum atomic E-state index is -0.800. The van der Waals surface area contributed by atoms with Crippen molar-refractivity contribution in [2.45, 2.75) is 24.1 Å². The highest BCUT2D eigenvalue weighted by Gasteiger charge is 2.44. The van der Waals surface area contributed by atoms with E-state index in [0.717, 1.165) is 5.69 Å². The van der Waals surface area contributed by atoms with E-state index < -0.39 is 11.5 Å². The number of hydrogen-bond acceptors (Lipinski definition) is 3. The van der Waals surface area contributed by atoms with E-state index >= 15 is 0 Å². The van der Waals surface area contributed by atoms with Crippen LogP contribution in [0.1, 0.15) is 13.3 Å². The van der Waals surface area contributed by atoms with E-state index in [1.54, 1.807) is 11.8 Å². The summed E-state index contributed by atoms with van der Waals surface area (Å²) in [6.45, 7) is 2.07. The normalized spacial score (nSPS) is 28.9. The first-order valence-electron chi connectivity index (χ1n) is 5.31. The predicted molar refractivity (Wildman–Crippen MR) is 67.0 cm³/mol. The highest BCUT2D eigenvalue weighted by molar-refractivity contribution is 8.00. The average molecular weight is 237 g/mol. The molecule has 4 heteroatoms. The molecule has 1 aromatic carbocycles. The fourth-order valence-corrected chi connectivity index (χ4v) is 3.27. The van der Waals surface area contributed by atoms with Crippen molar-refractivity contribution in [2.24, 2.45) is 0 Å². The van der Waals surface area contributed by atoms with Gasteiger partial charge >= 0.3 is 5.97 Å². The van der Waals surface area contributed by atoms with Gasteiger partial charge in [-0.3, -0.25) is 0 Å². The molecular formula is C12H15NO2S. The Hall–Kier alpha value is -1.16. The number of carbonyl (C=O) groups is 1. The first kappa shape index (κ1) is 11.3. The van der Waals surface area contributed by atoms with Crippen LogP contribution in [0.5, 0.6) is 0 Å². The third-order valence-corrected chi connectivity index (χ3v) is 4.21. The van der Waals surface area contributed by atoms with Crippen LogP contribution in [-0.4, -0.2) is 27.6 Å². The summed E-state index contributed by atoms with van der Waals surface area (Å²) in [5, 5.41) is 12.9. The summed E-state index contributed by atoms with van der Waals surface area (Å²) >= 11 is 1.71. The van der Waals surface area contributed by atoms with E-state index in [9.17, 15) is 9.90 Å². The van der Waals surface area contributed by atoms with E-state index in [0.29, 0.717) is 17.4 Å². The number of carboxylic acids is 1. The van der Waals surface area contributed by atoms with Crippen molar-refractivity contribution >= 4 is 23.4 Å². The van der Waals surface area contributed by atoms with Crippen molar-refractivity contribution in [1.82, 2.24) is 0 Å². The van der Waals surface area contributed by atoms with Gasteiger partial charge < -0.3 is 10.4 Å². The molecule has 1 aromatic rings. The van der Waals surface area contributed by atoms with Crippen LogP contribution < -0.4 is 5.32 Å². The van der Waals surface area contributed by atoms with Crippen LogP contribution in [0.15, 0.2) is 30.3 Å². The molecule has 0 saturated carbocycles. The molecule has 1 aliphatic rings. The molecule has 0 radical (unpaired) electrons. The molecule has 0 bridgehead atoms. The highest BCUT2D eigenvalue weighted by atomic mass is 32.2. The van der Waals surface area contributed by atoms with Crippen molar-refractivity contribution in [3.63, 3.8) is 0 Å². The number of rotatable bonds is 3. The Kier molecular flexibility index (Phi) is 3.10. The van der Waals surface area contributed by atoms with Gasteiger partial charge in [-0.1, -0.05) is 25.1 Å². The van der Waals surface area contributed by atoms with Gasteiger partial charge in [0.1, 0.15) is 5.54 Å². The minimum Gasteiger partial charge on any atom is -0.479 e. The molecule has 86 valence electrons. The molecule has 2 atom stereocenters. The van der Waals surface area contributed by atoms with Gasteiger partial charge in [0.05, 0.1) is 0 Å². The summed E-state index contributed by atoms with van der Waals surface area (Å²) in [7, 11) is 0. The van der Waals surface area contributed by atoms with Gasteiger partial charge in [-0.05, 0) is 18.6 Å². The van der Waals surface area contributed by atoms with Crippen molar-refractivity contribution in [2.75, 3.05) is 11.1 Å². The zero-order chi connectivity index (χ0) is 11.6. The molecule has 1 aliphatic heterocycles. The molecule has 16 heavy (non-hydrogen) atoms. The standard InChI is InChI=1S/C12H15NO2S/c1-9-7-12(8-16-9,11(14)15)13-10-5-3-2-4-6-10/h2-6,9,13H,7-8H2,1H3,(H,14,15). The van der Waals surface area contributed by atoms with Gasteiger partial charge in [-0.2, -0.15) is 11.8 Å². The van der Waals surface area contributed by atoms with Crippen molar-refractivity contribution in [1.29, 1.82) is 0 Å². The third kappa shape index (κ3) is 2.16. The zero-order valence-electron chi connectivity index (χ0n) is 9.14. The molecule has 2 N–H and O–H groups in total. The molecule has 3 nitrogen and oxygen atoms in total. The maximum atomic E-state index is 11.4. The van der Waals surface area contributed by atoms with Crippen LogP contribution >= 0.6 is 11.8 Å². The summed E-state index contributed by atoms with van der Waals surface area (Å²) in [4.78, 5) is 11.4. The predicted octanol–water partition coefficient (Wildman–Crippen LogP) is 2.45. The van der Waals surface area contributed by atoms with Gasteiger partial charge in [0.25, 0.3) is 0 Å². The number of nitrogens with one attached hydrogen (secondary N) is 1. The van der Waals surface area contributed by atoms with E-state index in [1.165, 1.54) is 0 Å². The Morgan fingerprint density at radius 3 is 2.69 bits per heavy atom. The second kappa shape index (κ2) is 4.37. The fourth-order valence-electron chi connectivity index (χ4n) is 1.98. The maximum Gasteiger partial charge on any atom is 0.330 e. The maximum absolute atomic E-state index is 11.4. The number of para-hydroxylation sites is 1. The second-order valence-corrected chi connectivity index (χ2v) is 5.63. The minimum absolute atomic E-state index is 0.396. The molecule has 1 saturated heterocycles. The van der Waals surface area contributed by atoms with Crippen LogP contribution in [0.4, 0.5) is 5.69 Å². The molecule has 0 amide bonds. The molecule has 2 unspecified atom stereocenters. The Morgan fingerprint density at radius 1 is 1.50 bits per heavy atom. The third-order valence-electron chi connectivity index (χ3n) is 2.82. The van der Waals surface area contributed by atoms with Crippen LogP contribution in [0.25, 0.3) is 0 Å².